The van der Waals surface area contributed by atoms with Gasteiger partial charge in [-0.2, -0.15) is 14.6 Å². The van der Waals surface area contributed by atoms with Crippen molar-refractivity contribution in [2.45, 2.75) is 19.4 Å². The van der Waals surface area contributed by atoms with Crippen LogP contribution in [-0.4, -0.2) is 99.9 Å². The molecular formula is C29H35N9O5. The van der Waals surface area contributed by atoms with Crippen LogP contribution in [0.3, 0.4) is 0 Å². The van der Waals surface area contributed by atoms with Crippen LogP contribution in [0.4, 0.5) is 11.6 Å². The van der Waals surface area contributed by atoms with Crippen molar-refractivity contribution in [2.75, 3.05) is 70.3 Å². The Morgan fingerprint density at radius 1 is 1.02 bits per heavy atom. The zero-order chi connectivity index (χ0) is 29.8. The molecule has 14 nitrogen and oxygen atoms in total. The third-order valence-electron chi connectivity index (χ3n) is 7.48. The number of hydrogen-bond donors (Lipinski definition) is 1. The van der Waals surface area contributed by atoms with Gasteiger partial charge in [0.1, 0.15) is 18.4 Å². The fourth-order valence-corrected chi connectivity index (χ4v) is 5.23. The number of carbonyl (C=O) groups excluding carboxylic acids is 1. The van der Waals surface area contributed by atoms with E-state index in [-0.39, 0.29) is 11.9 Å². The number of anilines is 2. The fraction of sp³-hybridized carbons (Fsp3) is 0.414. The summed E-state index contributed by atoms with van der Waals surface area (Å²) in [5.74, 6) is 1.86. The number of fused-ring (bicyclic) bond motifs is 3. The van der Waals surface area contributed by atoms with Crippen LogP contribution in [0.1, 0.15) is 19.4 Å². The van der Waals surface area contributed by atoms with Crippen molar-refractivity contribution in [1.29, 1.82) is 0 Å². The van der Waals surface area contributed by atoms with Crippen LogP contribution in [0.5, 0.6) is 5.75 Å². The van der Waals surface area contributed by atoms with E-state index in [1.807, 2.05) is 36.1 Å². The zero-order valence-electron chi connectivity index (χ0n) is 24.3. The summed E-state index contributed by atoms with van der Waals surface area (Å²) in [5.41, 5.74) is 8.35. The third kappa shape index (κ3) is 5.83. The number of rotatable bonds is 12. The lowest BCUT2D eigenvalue weighted by Crippen LogP contribution is -2.50. The number of carbonyl (C=O) groups is 1. The van der Waals surface area contributed by atoms with Gasteiger partial charge in [-0.15, -0.1) is 5.10 Å². The van der Waals surface area contributed by atoms with Gasteiger partial charge in [0.2, 0.25) is 17.7 Å². The Balaban J connectivity index is 1.10. The highest BCUT2D eigenvalue weighted by molar-refractivity contribution is 5.92. The highest BCUT2D eigenvalue weighted by Gasteiger charge is 2.30. The van der Waals surface area contributed by atoms with Gasteiger partial charge in [-0.3, -0.25) is 4.79 Å². The van der Waals surface area contributed by atoms with E-state index in [9.17, 15) is 4.79 Å². The normalized spacial score (nSPS) is 14.6. The molecule has 0 bridgehead atoms. The lowest BCUT2D eigenvalue weighted by Gasteiger charge is -2.37. The number of amides is 1. The van der Waals surface area contributed by atoms with Gasteiger partial charge in [0.05, 0.1) is 37.7 Å². The first-order valence-electron chi connectivity index (χ1n) is 14.3. The lowest BCUT2D eigenvalue weighted by molar-refractivity contribution is -0.135. The molecule has 2 N–H and O–H groups in total. The van der Waals surface area contributed by atoms with E-state index in [0.717, 1.165) is 24.5 Å². The van der Waals surface area contributed by atoms with E-state index in [4.69, 9.17) is 24.4 Å². The quantitative estimate of drug-likeness (QED) is 0.214. The Hall–Kier alpha value is -4.69. The highest BCUT2D eigenvalue weighted by Crippen LogP contribution is 2.27. The standard InChI is InChI=1S/C29H35N9O5/c1-3-23(37-27-22(19-31-37)26-32-25(24-5-4-14-43-24)34-38(26)29(30)33-27)28(39)36-12-10-35(11-13-36)20-6-8-21(9-7-20)42-18-17-41-16-15-40-2/h4-9,14,19,23H,3,10-13,15-18H2,1-2H3,(H2,30,33)/t23-/m1/s1. The molecule has 1 saturated heterocycles. The number of piperazine rings is 1. The molecule has 0 spiro atoms. The predicted octanol–water partition coefficient (Wildman–Crippen LogP) is 2.66. The summed E-state index contributed by atoms with van der Waals surface area (Å²) in [6.45, 7) is 6.71. The number of methoxy groups -OCH3 is 1. The number of ether oxygens (including phenoxy) is 3. The molecular weight excluding hydrogens is 554 g/mol. The van der Waals surface area contributed by atoms with Crippen molar-refractivity contribution in [3.8, 4) is 17.3 Å². The van der Waals surface area contributed by atoms with Gasteiger partial charge >= 0.3 is 0 Å². The van der Waals surface area contributed by atoms with E-state index in [1.165, 1.54) is 4.52 Å². The first kappa shape index (κ1) is 28.4. The molecule has 0 unspecified atom stereocenters. The lowest BCUT2D eigenvalue weighted by atomic mass is 10.1. The molecule has 5 aromatic rings. The van der Waals surface area contributed by atoms with Crippen LogP contribution in [-0.2, 0) is 14.3 Å². The van der Waals surface area contributed by atoms with E-state index < -0.39 is 6.04 Å². The van der Waals surface area contributed by atoms with Crippen molar-refractivity contribution >= 4 is 34.2 Å². The van der Waals surface area contributed by atoms with Crippen molar-refractivity contribution in [3.05, 3.63) is 48.9 Å². The van der Waals surface area contributed by atoms with Crippen LogP contribution in [0.15, 0.2) is 53.3 Å². The first-order valence-corrected chi connectivity index (χ1v) is 14.3. The number of nitrogens with two attached hydrogens (primary N) is 1. The van der Waals surface area contributed by atoms with Gasteiger partial charge in [-0.25, -0.2) is 9.67 Å². The van der Waals surface area contributed by atoms with Gasteiger partial charge in [-0.05, 0) is 42.8 Å². The molecule has 1 aromatic carbocycles. The Morgan fingerprint density at radius 2 is 1.81 bits per heavy atom. The second-order valence-electron chi connectivity index (χ2n) is 10.1. The maximum Gasteiger partial charge on any atom is 0.247 e. The summed E-state index contributed by atoms with van der Waals surface area (Å²) >= 11 is 0. The smallest absolute Gasteiger partial charge is 0.247 e. The summed E-state index contributed by atoms with van der Waals surface area (Å²) in [6.07, 6.45) is 3.77. The predicted molar refractivity (Wildman–Crippen MR) is 159 cm³/mol. The Bertz CT molecular complexity index is 1660. The molecule has 1 amide bonds. The monoisotopic (exact) mass is 589 g/mol. The van der Waals surface area contributed by atoms with Gasteiger partial charge in [0.25, 0.3) is 0 Å². The molecule has 43 heavy (non-hydrogen) atoms. The highest BCUT2D eigenvalue weighted by atomic mass is 16.5. The van der Waals surface area contributed by atoms with Gasteiger partial charge in [0, 0.05) is 39.0 Å². The van der Waals surface area contributed by atoms with Crippen molar-refractivity contribution in [2.24, 2.45) is 0 Å². The number of hydrogen-bond acceptors (Lipinski definition) is 11. The molecule has 0 aliphatic carbocycles. The molecule has 1 atom stereocenters. The minimum absolute atomic E-state index is 0.00148. The molecule has 226 valence electrons. The van der Waals surface area contributed by atoms with Crippen molar-refractivity contribution in [3.63, 3.8) is 0 Å². The Kier molecular flexibility index (Phi) is 8.38. The molecule has 1 aliphatic heterocycles. The minimum Gasteiger partial charge on any atom is -0.491 e. The van der Waals surface area contributed by atoms with Gasteiger partial charge < -0.3 is 34.2 Å². The van der Waals surface area contributed by atoms with E-state index in [1.54, 1.807) is 36.4 Å². The van der Waals surface area contributed by atoms with E-state index >= 15 is 0 Å². The summed E-state index contributed by atoms with van der Waals surface area (Å²) < 4.78 is 24.7. The number of benzene rings is 1. The number of nitrogens with zero attached hydrogens (tertiary/aromatic N) is 8. The summed E-state index contributed by atoms with van der Waals surface area (Å²) in [7, 11) is 1.65. The Labute approximate surface area is 247 Å². The summed E-state index contributed by atoms with van der Waals surface area (Å²) in [5, 5.41) is 9.66. The number of aromatic nitrogens is 6. The Morgan fingerprint density at radius 3 is 2.53 bits per heavy atom. The van der Waals surface area contributed by atoms with E-state index in [0.29, 0.717) is 74.2 Å². The van der Waals surface area contributed by atoms with Gasteiger partial charge in [0.15, 0.2) is 17.1 Å². The third-order valence-corrected chi connectivity index (χ3v) is 7.48. The molecule has 6 rings (SSSR count). The van der Waals surface area contributed by atoms with Crippen LogP contribution in [0.2, 0.25) is 0 Å². The first-order chi connectivity index (χ1) is 21.1. The van der Waals surface area contributed by atoms with Crippen molar-refractivity contribution in [1.82, 2.24) is 34.3 Å². The fourth-order valence-electron chi connectivity index (χ4n) is 5.23. The average Bonchev–Trinajstić information content (AvgIpc) is 3.81. The van der Waals surface area contributed by atoms with Crippen molar-refractivity contribution < 1.29 is 23.4 Å². The molecule has 1 fully saturated rings. The van der Waals surface area contributed by atoms with E-state index in [2.05, 4.69) is 25.1 Å². The zero-order valence-corrected chi connectivity index (χ0v) is 24.3. The largest absolute Gasteiger partial charge is 0.491 e. The summed E-state index contributed by atoms with van der Waals surface area (Å²) in [4.78, 5) is 27.1. The summed E-state index contributed by atoms with van der Waals surface area (Å²) in [6, 6.07) is 11.0. The number of nitrogen functional groups attached to an aromatic ring is 1. The average molecular weight is 590 g/mol. The maximum absolute atomic E-state index is 13.8. The van der Waals surface area contributed by atoms with Crippen LogP contribution in [0.25, 0.3) is 28.3 Å². The van der Waals surface area contributed by atoms with Gasteiger partial charge in [-0.1, -0.05) is 6.92 Å². The topological polar surface area (TPSA) is 151 Å². The second-order valence-corrected chi connectivity index (χ2v) is 10.1. The molecule has 0 radical (unpaired) electrons. The molecule has 5 heterocycles. The molecule has 14 heteroatoms. The SMILES string of the molecule is CC[C@H](C(=O)N1CCN(c2ccc(OCCOCCOC)cc2)CC1)n1ncc2c1nc(N)n1nc(-c3ccco3)nc21. The molecule has 4 aromatic heterocycles. The van der Waals surface area contributed by atoms with Crippen LogP contribution in [0, 0.1) is 0 Å². The molecule has 1 aliphatic rings. The van der Waals surface area contributed by atoms with Crippen LogP contribution < -0.4 is 15.4 Å². The molecule has 0 saturated carbocycles. The second kappa shape index (κ2) is 12.7. The minimum atomic E-state index is -0.527. The maximum atomic E-state index is 13.8. The van der Waals surface area contributed by atoms with Crippen LogP contribution >= 0.6 is 0 Å². The number of furan rings is 1.